The SMILES string of the molecule is CC12CC3CC(CC(C3)C13CCNC3)C2. The Balaban J connectivity index is 1.80. The predicted molar refractivity (Wildman–Crippen MR) is 61.6 cm³/mol. The Kier molecular flexibility index (Phi) is 1.57. The molecule has 15 heavy (non-hydrogen) atoms. The summed E-state index contributed by atoms with van der Waals surface area (Å²) in [7, 11) is 0. The molecule has 1 heteroatoms. The van der Waals surface area contributed by atoms with Crippen LogP contribution in [0, 0.1) is 28.6 Å². The van der Waals surface area contributed by atoms with Crippen molar-refractivity contribution < 1.29 is 0 Å². The molecule has 1 N–H and O–H groups in total. The molecule has 1 spiro atoms. The number of rotatable bonds is 0. The summed E-state index contributed by atoms with van der Waals surface area (Å²) in [5.74, 6) is 3.31. The van der Waals surface area contributed by atoms with Gasteiger partial charge in [0.15, 0.2) is 0 Å². The van der Waals surface area contributed by atoms with E-state index in [2.05, 4.69) is 12.2 Å². The summed E-state index contributed by atoms with van der Waals surface area (Å²) in [4.78, 5) is 0. The summed E-state index contributed by atoms with van der Waals surface area (Å²) < 4.78 is 0. The molecule has 0 aromatic rings. The molecule has 4 bridgehead atoms. The zero-order valence-electron chi connectivity index (χ0n) is 9.89. The lowest BCUT2D eigenvalue weighted by Gasteiger charge is -2.66. The van der Waals surface area contributed by atoms with Crippen LogP contribution in [0.4, 0.5) is 0 Å². The molecular weight excluding hydrogens is 182 g/mol. The van der Waals surface area contributed by atoms with Crippen LogP contribution in [0.3, 0.4) is 0 Å². The molecule has 84 valence electrons. The molecule has 5 fully saturated rings. The van der Waals surface area contributed by atoms with Gasteiger partial charge >= 0.3 is 0 Å². The van der Waals surface area contributed by atoms with E-state index in [-0.39, 0.29) is 0 Å². The Morgan fingerprint density at radius 1 is 1.07 bits per heavy atom. The highest BCUT2D eigenvalue weighted by molar-refractivity contribution is 5.14. The van der Waals surface area contributed by atoms with Gasteiger partial charge in [0.2, 0.25) is 0 Å². The largest absolute Gasteiger partial charge is 0.316 e. The average molecular weight is 205 g/mol. The van der Waals surface area contributed by atoms with Crippen molar-refractivity contribution in [2.45, 2.75) is 45.4 Å². The van der Waals surface area contributed by atoms with Gasteiger partial charge in [-0.3, -0.25) is 0 Å². The summed E-state index contributed by atoms with van der Waals surface area (Å²) in [6.45, 7) is 5.26. The van der Waals surface area contributed by atoms with Crippen LogP contribution in [0.1, 0.15) is 45.4 Å². The average Bonchev–Trinajstić information content (AvgIpc) is 2.63. The van der Waals surface area contributed by atoms with Gasteiger partial charge in [0.25, 0.3) is 0 Å². The third-order valence-electron chi connectivity index (χ3n) is 6.55. The second kappa shape index (κ2) is 2.61. The molecule has 0 aromatic carbocycles. The van der Waals surface area contributed by atoms with Gasteiger partial charge in [0.05, 0.1) is 0 Å². The fraction of sp³-hybridized carbons (Fsp3) is 1.00. The zero-order valence-corrected chi connectivity index (χ0v) is 9.89. The van der Waals surface area contributed by atoms with Crippen molar-refractivity contribution in [2.75, 3.05) is 13.1 Å². The molecule has 1 heterocycles. The van der Waals surface area contributed by atoms with E-state index in [1.807, 2.05) is 0 Å². The highest BCUT2D eigenvalue weighted by Gasteiger charge is 2.63. The topological polar surface area (TPSA) is 12.0 Å². The third-order valence-corrected chi connectivity index (χ3v) is 6.55. The number of hydrogen-bond acceptors (Lipinski definition) is 1. The predicted octanol–water partition coefficient (Wildman–Crippen LogP) is 2.81. The molecule has 0 amide bonds. The van der Waals surface area contributed by atoms with E-state index in [9.17, 15) is 0 Å². The maximum atomic E-state index is 3.67. The van der Waals surface area contributed by atoms with E-state index < -0.39 is 0 Å². The van der Waals surface area contributed by atoms with Crippen LogP contribution in [0.2, 0.25) is 0 Å². The molecular formula is C14H23N. The lowest BCUT2D eigenvalue weighted by molar-refractivity contribution is -0.158. The van der Waals surface area contributed by atoms with Crippen LogP contribution in [-0.4, -0.2) is 13.1 Å². The summed E-state index contributed by atoms with van der Waals surface area (Å²) in [5, 5.41) is 3.67. The fourth-order valence-corrected chi connectivity index (χ4v) is 6.18. The van der Waals surface area contributed by atoms with Gasteiger partial charge in [-0.1, -0.05) is 6.92 Å². The number of hydrogen-bond donors (Lipinski definition) is 1. The minimum atomic E-state index is 0.714. The van der Waals surface area contributed by atoms with Gasteiger partial charge in [-0.2, -0.15) is 0 Å². The van der Waals surface area contributed by atoms with E-state index in [1.165, 1.54) is 19.5 Å². The molecule has 3 atom stereocenters. The van der Waals surface area contributed by atoms with Crippen LogP contribution < -0.4 is 5.32 Å². The maximum Gasteiger partial charge on any atom is 0.00162 e. The quantitative estimate of drug-likeness (QED) is 0.641. The summed E-state index contributed by atoms with van der Waals surface area (Å²) in [6.07, 6.45) is 9.33. The number of nitrogens with one attached hydrogen (secondary N) is 1. The van der Waals surface area contributed by atoms with Crippen molar-refractivity contribution in [1.29, 1.82) is 0 Å². The van der Waals surface area contributed by atoms with Crippen molar-refractivity contribution >= 4 is 0 Å². The van der Waals surface area contributed by atoms with Crippen molar-refractivity contribution in [3.63, 3.8) is 0 Å². The van der Waals surface area contributed by atoms with Crippen LogP contribution in [0.15, 0.2) is 0 Å². The van der Waals surface area contributed by atoms with Gasteiger partial charge in [-0.05, 0) is 73.7 Å². The molecule has 0 aromatic heterocycles. The summed E-state index contributed by atoms with van der Waals surface area (Å²) in [5.41, 5.74) is 1.44. The van der Waals surface area contributed by atoms with Gasteiger partial charge in [0, 0.05) is 6.54 Å². The minimum absolute atomic E-state index is 0.714. The molecule has 3 unspecified atom stereocenters. The van der Waals surface area contributed by atoms with E-state index >= 15 is 0 Å². The third kappa shape index (κ3) is 0.945. The van der Waals surface area contributed by atoms with Gasteiger partial charge < -0.3 is 5.32 Å². The molecule has 5 aliphatic rings. The monoisotopic (exact) mass is 205 g/mol. The molecule has 1 nitrogen and oxygen atoms in total. The Labute approximate surface area is 93.0 Å². The fourth-order valence-electron chi connectivity index (χ4n) is 6.18. The van der Waals surface area contributed by atoms with Crippen LogP contribution in [0.5, 0.6) is 0 Å². The second-order valence-corrected chi connectivity index (χ2v) is 7.19. The molecule has 5 rings (SSSR count). The van der Waals surface area contributed by atoms with Crippen molar-refractivity contribution in [1.82, 2.24) is 5.32 Å². The molecule has 1 aliphatic heterocycles. The van der Waals surface area contributed by atoms with E-state index in [0.717, 1.165) is 23.2 Å². The smallest absolute Gasteiger partial charge is 0.00162 e. The first-order chi connectivity index (χ1) is 7.22. The molecule has 4 saturated carbocycles. The minimum Gasteiger partial charge on any atom is -0.316 e. The van der Waals surface area contributed by atoms with Crippen molar-refractivity contribution in [3.8, 4) is 0 Å². The van der Waals surface area contributed by atoms with Gasteiger partial charge in [-0.15, -0.1) is 0 Å². The van der Waals surface area contributed by atoms with Crippen LogP contribution >= 0.6 is 0 Å². The Bertz CT molecular complexity index is 276. The lowest BCUT2D eigenvalue weighted by Crippen LogP contribution is -2.59. The van der Waals surface area contributed by atoms with Crippen LogP contribution in [0.25, 0.3) is 0 Å². The first-order valence-corrected chi connectivity index (χ1v) is 6.93. The maximum absolute atomic E-state index is 3.67. The summed E-state index contributed by atoms with van der Waals surface area (Å²) in [6, 6.07) is 0. The van der Waals surface area contributed by atoms with Crippen molar-refractivity contribution in [2.24, 2.45) is 28.6 Å². The Hall–Kier alpha value is -0.0400. The molecule has 0 radical (unpaired) electrons. The molecule has 4 aliphatic carbocycles. The zero-order chi connectivity index (χ0) is 10.1. The van der Waals surface area contributed by atoms with E-state index in [1.54, 1.807) is 32.1 Å². The standard InChI is InChI=1S/C14H23N/c1-13-7-10-4-11(8-13)6-12(5-10)14(13)2-3-15-9-14/h10-12,15H,2-9H2,1H3. The normalized spacial score (nSPS) is 61.8. The van der Waals surface area contributed by atoms with Crippen molar-refractivity contribution in [3.05, 3.63) is 0 Å². The first-order valence-electron chi connectivity index (χ1n) is 6.93. The van der Waals surface area contributed by atoms with Crippen LogP contribution in [-0.2, 0) is 0 Å². The van der Waals surface area contributed by atoms with E-state index in [4.69, 9.17) is 0 Å². The Morgan fingerprint density at radius 3 is 2.33 bits per heavy atom. The van der Waals surface area contributed by atoms with E-state index in [0.29, 0.717) is 5.41 Å². The second-order valence-electron chi connectivity index (χ2n) is 7.19. The van der Waals surface area contributed by atoms with Gasteiger partial charge in [0.1, 0.15) is 0 Å². The Morgan fingerprint density at radius 2 is 1.80 bits per heavy atom. The molecule has 1 saturated heterocycles. The summed E-state index contributed by atoms with van der Waals surface area (Å²) >= 11 is 0. The highest BCUT2D eigenvalue weighted by Crippen LogP contribution is 2.69. The first kappa shape index (κ1) is 9.04. The lowest BCUT2D eigenvalue weighted by atomic mass is 9.39. The highest BCUT2D eigenvalue weighted by atomic mass is 14.9. The van der Waals surface area contributed by atoms with Gasteiger partial charge in [-0.25, -0.2) is 0 Å².